The van der Waals surface area contributed by atoms with Crippen molar-refractivity contribution >= 4 is 29.2 Å². The Hall–Kier alpha value is -3.75. The average Bonchev–Trinajstić information content (AvgIpc) is 2.87. The van der Waals surface area contributed by atoms with Crippen molar-refractivity contribution in [1.82, 2.24) is 10.2 Å². The Morgan fingerprint density at radius 2 is 1.58 bits per heavy atom. The molecule has 0 aromatic heterocycles. The van der Waals surface area contributed by atoms with Gasteiger partial charge in [0.15, 0.2) is 0 Å². The first kappa shape index (κ1) is 17.1. The van der Waals surface area contributed by atoms with Crippen LogP contribution in [-0.2, 0) is 0 Å². The zero-order chi connectivity index (χ0) is 18.7. The minimum atomic E-state index is -0.546. The normalized spacial score (nSPS) is 12.7. The van der Waals surface area contributed by atoms with E-state index in [1.54, 1.807) is 24.3 Å². The van der Waals surface area contributed by atoms with E-state index < -0.39 is 11.0 Å². The van der Waals surface area contributed by atoms with Crippen molar-refractivity contribution in [3.8, 4) is 0 Å². The summed E-state index contributed by atoms with van der Waals surface area (Å²) < 4.78 is 0. The summed E-state index contributed by atoms with van der Waals surface area (Å²) in [5.74, 6) is -0.772. The Morgan fingerprint density at radius 1 is 1.00 bits per heavy atom. The number of nitrogens with one attached hydrogen (secondary N) is 2. The maximum absolute atomic E-state index is 12.2. The van der Waals surface area contributed by atoms with Crippen molar-refractivity contribution in [3.63, 3.8) is 0 Å². The van der Waals surface area contributed by atoms with E-state index in [4.69, 9.17) is 0 Å². The van der Waals surface area contributed by atoms with E-state index >= 15 is 0 Å². The summed E-state index contributed by atoms with van der Waals surface area (Å²) in [5.41, 5.74) is 1.01. The van der Waals surface area contributed by atoms with Crippen molar-refractivity contribution in [3.05, 3.63) is 69.8 Å². The van der Waals surface area contributed by atoms with E-state index in [0.29, 0.717) is 16.8 Å². The summed E-state index contributed by atoms with van der Waals surface area (Å²) in [6, 6.07) is 11.4. The fourth-order valence-corrected chi connectivity index (χ4v) is 2.57. The summed E-state index contributed by atoms with van der Waals surface area (Å²) in [7, 11) is 0. The standard InChI is InChI=1S/C17H14N4O5/c22-15-13-3-1-2-4-14(13)16(23)20(15)10-9-18-17(24)19-11-5-7-12(8-6-11)21(25)26/h1-8H,9-10H2,(H2,18,19,24). The van der Waals surface area contributed by atoms with Crippen LogP contribution in [0.3, 0.4) is 0 Å². The number of rotatable bonds is 5. The first-order valence-corrected chi connectivity index (χ1v) is 7.72. The molecule has 1 aliphatic heterocycles. The molecule has 2 aromatic rings. The Balaban J connectivity index is 1.51. The van der Waals surface area contributed by atoms with Crippen LogP contribution in [0.5, 0.6) is 0 Å². The van der Waals surface area contributed by atoms with Crippen LogP contribution >= 0.6 is 0 Å². The number of nitro groups is 1. The predicted octanol–water partition coefficient (Wildman–Crippen LogP) is 2.01. The van der Waals surface area contributed by atoms with Gasteiger partial charge in [0, 0.05) is 30.9 Å². The third-order valence-corrected chi connectivity index (χ3v) is 3.84. The number of carbonyl (C=O) groups excluding carboxylic acids is 3. The lowest BCUT2D eigenvalue weighted by Gasteiger charge is -2.14. The summed E-state index contributed by atoms with van der Waals surface area (Å²) in [4.78, 5) is 47.3. The number of amides is 4. The molecule has 9 nitrogen and oxygen atoms in total. The third kappa shape index (κ3) is 3.36. The number of fused-ring (bicyclic) bond motifs is 1. The summed E-state index contributed by atoms with van der Waals surface area (Å²) in [6.45, 7) is 0.115. The molecule has 0 unspecified atom stereocenters. The van der Waals surface area contributed by atoms with Gasteiger partial charge in [-0.15, -0.1) is 0 Å². The van der Waals surface area contributed by atoms with Crippen LogP contribution in [0.2, 0.25) is 0 Å². The van der Waals surface area contributed by atoms with E-state index in [-0.39, 0.29) is 30.6 Å². The first-order valence-electron chi connectivity index (χ1n) is 7.72. The van der Waals surface area contributed by atoms with E-state index in [9.17, 15) is 24.5 Å². The molecule has 0 radical (unpaired) electrons. The molecule has 0 aliphatic carbocycles. The van der Waals surface area contributed by atoms with E-state index in [0.717, 1.165) is 4.90 Å². The number of nitro benzene ring substituents is 1. The van der Waals surface area contributed by atoms with Gasteiger partial charge in [0.05, 0.1) is 16.1 Å². The van der Waals surface area contributed by atoms with Gasteiger partial charge in [-0.3, -0.25) is 24.6 Å². The van der Waals surface area contributed by atoms with Crippen molar-refractivity contribution in [2.24, 2.45) is 0 Å². The lowest BCUT2D eigenvalue weighted by molar-refractivity contribution is -0.384. The molecule has 0 spiro atoms. The smallest absolute Gasteiger partial charge is 0.319 e. The van der Waals surface area contributed by atoms with Gasteiger partial charge in [-0.2, -0.15) is 0 Å². The molecule has 2 N–H and O–H groups in total. The van der Waals surface area contributed by atoms with E-state index in [1.165, 1.54) is 24.3 Å². The zero-order valence-corrected chi connectivity index (χ0v) is 13.5. The highest BCUT2D eigenvalue weighted by molar-refractivity contribution is 6.21. The molecule has 4 amide bonds. The molecule has 1 aliphatic rings. The highest BCUT2D eigenvalue weighted by Gasteiger charge is 2.34. The van der Waals surface area contributed by atoms with Crippen LogP contribution in [0.25, 0.3) is 0 Å². The highest BCUT2D eigenvalue weighted by atomic mass is 16.6. The number of hydrogen-bond acceptors (Lipinski definition) is 5. The number of non-ortho nitro benzene ring substituents is 1. The van der Waals surface area contributed by atoms with Crippen molar-refractivity contribution in [1.29, 1.82) is 0 Å². The molecule has 0 atom stereocenters. The van der Waals surface area contributed by atoms with Gasteiger partial charge in [0.2, 0.25) is 0 Å². The number of anilines is 1. The van der Waals surface area contributed by atoms with Crippen molar-refractivity contribution in [2.45, 2.75) is 0 Å². The molecule has 2 aromatic carbocycles. The molecule has 0 fully saturated rings. The van der Waals surface area contributed by atoms with Gasteiger partial charge in [-0.25, -0.2) is 4.79 Å². The maximum Gasteiger partial charge on any atom is 0.319 e. The maximum atomic E-state index is 12.2. The zero-order valence-electron chi connectivity index (χ0n) is 13.5. The molecular formula is C17H14N4O5. The molecule has 3 rings (SSSR count). The monoisotopic (exact) mass is 354 g/mol. The fraction of sp³-hybridized carbons (Fsp3) is 0.118. The number of nitrogens with zero attached hydrogens (tertiary/aromatic N) is 2. The minimum Gasteiger partial charge on any atom is -0.336 e. The van der Waals surface area contributed by atoms with Gasteiger partial charge in [-0.1, -0.05) is 12.1 Å². The Bertz CT molecular complexity index is 859. The molecule has 1 heterocycles. The van der Waals surface area contributed by atoms with Gasteiger partial charge in [-0.05, 0) is 24.3 Å². The van der Waals surface area contributed by atoms with Gasteiger partial charge < -0.3 is 10.6 Å². The Morgan fingerprint density at radius 3 is 2.12 bits per heavy atom. The number of hydrogen-bond donors (Lipinski definition) is 2. The second-order valence-electron chi connectivity index (χ2n) is 5.49. The number of imide groups is 1. The van der Waals surface area contributed by atoms with Crippen LogP contribution < -0.4 is 10.6 Å². The van der Waals surface area contributed by atoms with Crippen molar-refractivity contribution < 1.29 is 19.3 Å². The van der Waals surface area contributed by atoms with E-state index in [2.05, 4.69) is 10.6 Å². The summed E-state index contributed by atoms with van der Waals surface area (Å²) in [6.07, 6.45) is 0. The molecule has 9 heteroatoms. The topological polar surface area (TPSA) is 122 Å². The second kappa shape index (κ2) is 7.01. The van der Waals surface area contributed by atoms with E-state index in [1.807, 2.05) is 0 Å². The largest absolute Gasteiger partial charge is 0.336 e. The average molecular weight is 354 g/mol. The SMILES string of the molecule is O=C(NCCN1C(=O)c2ccccc2C1=O)Nc1ccc([N+](=O)[O-])cc1. The Labute approximate surface area is 147 Å². The Kier molecular flexibility index (Phi) is 4.61. The van der Waals surface area contributed by atoms with Gasteiger partial charge in [0.1, 0.15) is 0 Å². The molecule has 132 valence electrons. The molecular weight excluding hydrogens is 340 g/mol. The number of urea groups is 1. The fourth-order valence-electron chi connectivity index (χ4n) is 2.57. The quantitative estimate of drug-likeness (QED) is 0.483. The third-order valence-electron chi connectivity index (χ3n) is 3.84. The predicted molar refractivity (Wildman–Crippen MR) is 91.9 cm³/mol. The van der Waals surface area contributed by atoms with Crippen LogP contribution in [0.15, 0.2) is 48.5 Å². The lowest BCUT2D eigenvalue weighted by Crippen LogP contribution is -2.39. The molecule has 0 saturated heterocycles. The molecule has 0 saturated carbocycles. The second-order valence-corrected chi connectivity index (χ2v) is 5.49. The van der Waals surface area contributed by atoms with Crippen molar-refractivity contribution in [2.75, 3.05) is 18.4 Å². The highest BCUT2D eigenvalue weighted by Crippen LogP contribution is 2.21. The van der Waals surface area contributed by atoms with Crippen LogP contribution in [-0.4, -0.2) is 40.8 Å². The molecule has 26 heavy (non-hydrogen) atoms. The van der Waals surface area contributed by atoms with Gasteiger partial charge >= 0.3 is 6.03 Å². The molecule has 0 bridgehead atoms. The number of carbonyl (C=O) groups is 3. The first-order chi connectivity index (χ1) is 12.5. The minimum absolute atomic E-state index is 0.0417. The van der Waals surface area contributed by atoms with Crippen LogP contribution in [0, 0.1) is 10.1 Å². The van der Waals surface area contributed by atoms with Crippen LogP contribution in [0.4, 0.5) is 16.2 Å². The summed E-state index contributed by atoms with van der Waals surface area (Å²) >= 11 is 0. The number of benzene rings is 2. The van der Waals surface area contributed by atoms with Crippen LogP contribution in [0.1, 0.15) is 20.7 Å². The van der Waals surface area contributed by atoms with Gasteiger partial charge in [0.25, 0.3) is 17.5 Å². The summed E-state index contributed by atoms with van der Waals surface area (Å²) in [5, 5.41) is 15.6. The lowest BCUT2D eigenvalue weighted by atomic mass is 10.1.